The minimum atomic E-state index is 0.0903. The van der Waals surface area contributed by atoms with Crippen molar-refractivity contribution in [2.45, 2.75) is 30.8 Å². The molecule has 0 aromatic rings. The molecule has 3 nitrogen and oxygen atoms in total. The van der Waals surface area contributed by atoms with Crippen LogP contribution in [-0.2, 0) is 4.79 Å². The van der Waals surface area contributed by atoms with E-state index in [-0.39, 0.29) is 11.4 Å². The molecule has 0 saturated carbocycles. The Morgan fingerprint density at radius 3 is 3.17 bits per heavy atom. The summed E-state index contributed by atoms with van der Waals surface area (Å²) in [6.07, 6.45) is 9.31. The molecule has 3 heteroatoms. The lowest BCUT2D eigenvalue weighted by atomic mass is 9.69. The van der Waals surface area contributed by atoms with Gasteiger partial charge in [0.2, 0.25) is 5.91 Å². The van der Waals surface area contributed by atoms with Crippen LogP contribution in [0.4, 0.5) is 0 Å². The number of fused-ring (bicyclic) bond motifs is 2. The maximum Gasteiger partial charge on any atom is 0.246 e. The molecule has 1 amide bonds. The molecule has 4 aliphatic rings. The van der Waals surface area contributed by atoms with Crippen LogP contribution < -0.4 is 0 Å². The Kier molecular flexibility index (Phi) is 2.08. The Balaban J connectivity index is 1.85. The Labute approximate surface area is 108 Å². The third-order valence-corrected chi connectivity index (χ3v) is 5.59. The van der Waals surface area contributed by atoms with Gasteiger partial charge in [0.05, 0.1) is 5.54 Å². The van der Waals surface area contributed by atoms with Gasteiger partial charge in [0.15, 0.2) is 0 Å². The van der Waals surface area contributed by atoms with Crippen LogP contribution in [0.3, 0.4) is 0 Å². The van der Waals surface area contributed by atoms with E-state index in [1.54, 1.807) is 6.08 Å². The summed E-state index contributed by atoms with van der Waals surface area (Å²) in [6.45, 7) is 7.27. The number of nitrogens with zero attached hydrogens (tertiary/aromatic N) is 2. The van der Waals surface area contributed by atoms with Gasteiger partial charge in [-0.1, -0.05) is 12.2 Å². The molecular weight excluding hydrogens is 224 g/mol. The summed E-state index contributed by atoms with van der Waals surface area (Å²) in [7, 11) is 0. The fourth-order valence-electron chi connectivity index (χ4n) is 5.06. The lowest BCUT2D eigenvalue weighted by molar-refractivity contribution is -0.140. The van der Waals surface area contributed by atoms with Gasteiger partial charge in [-0.2, -0.15) is 0 Å². The number of amides is 1. The zero-order valence-corrected chi connectivity index (χ0v) is 10.7. The Bertz CT molecular complexity index is 444. The molecule has 0 N–H and O–H groups in total. The van der Waals surface area contributed by atoms with Gasteiger partial charge < -0.3 is 4.90 Å². The Morgan fingerprint density at radius 1 is 1.44 bits per heavy atom. The highest BCUT2D eigenvalue weighted by Gasteiger charge is 2.63. The first-order valence-electron chi connectivity index (χ1n) is 7.09. The van der Waals surface area contributed by atoms with E-state index in [2.05, 4.69) is 22.5 Å². The summed E-state index contributed by atoms with van der Waals surface area (Å²) in [6, 6.07) is 0.501. The first-order valence-corrected chi connectivity index (χ1v) is 7.09. The molecule has 18 heavy (non-hydrogen) atoms. The van der Waals surface area contributed by atoms with Gasteiger partial charge in [0.25, 0.3) is 0 Å². The van der Waals surface area contributed by atoms with Crippen molar-refractivity contribution >= 4 is 5.91 Å². The number of carbonyl (C=O) groups excluding carboxylic acids is 1. The summed E-state index contributed by atoms with van der Waals surface area (Å²) in [5.41, 5.74) is 0.0903. The maximum absolute atomic E-state index is 12.3. The number of hydrogen-bond acceptors (Lipinski definition) is 2. The zero-order valence-electron chi connectivity index (χ0n) is 10.7. The highest BCUT2D eigenvalue weighted by atomic mass is 16.2. The van der Waals surface area contributed by atoms with E-state index in [0.29, 0.717) is 17.9 Å². The largest absolute Gasteiger partial charge is 0.331 e. The second-order valence-electron chi connectivity index (χ2n) is 6.34. The van der Waals surface area contributed by atoms with E-state index < -0.39 is 0 Å². The standard InChI is InChI=1S/C15H20N2O/c1-2-4-13-15-6-3-5-14(18)17(15)9-11-7-12(15)10-16(13)8-11/h2-3,5,11-13H,1,4,6-10H2. The minimum absolute atomic E-state index is 0.0903. The van der Waals surface area contributed by atoms with Crippen LogP contribution >= 0.6 is 0 Å². The van der Waals surface area contributed by atoms with Crippen LogP contribution in [0.25, 0.3) is 0 Å². The Morgan fingerprint density at radius 2 is 2.33 bits per heavy atom. The topological polar surface area (TPSA) is 23.6 Å². The molecule has 5 unspecified atom stereocenters. The summed E-state index contributed by atoms with van der Waals surface area (Å²) in [4.78, 5) is 17.1. The van der Waals surface area contributed by atoms with Crippen molar-refractivity contribution in [3.63, 3.8) is 0 Å². The molecule has 3 saturated heterocycles. The molecule has 3 fully saturated rings. The van der Waals surface area contributed by atoms with Gasteiger partial charge >= 0.3 is 0 Å². The van der Waals surface area contributed by atoms with Gasteiger partial charge in [-0.05, 0) is 37.2 Å². The van der Waals surface area contributed by atoms with E-state index in [0.717, 1.165) is 19.4 Å². The van der Waals surface area contributed by atoms with E-state index in [1.807, 2.05) is 6.08 Å². The van der Waals surface area contributed by atoms with Crippen molar-refractivity contribution in [3.05, 3.63) is 24.8 Å². The normalized spacial score (nSPS) is 48.4. The average Bonchev–Trinajstić information content (AvgIpc) is 2.50. The average molecular weight is 244 g/mol. The van der Waals surface area contributed by atoms with Gasteiger partial charge in [-0.15, -0.1) is 6.58 Å². The van der Waals surface area contributed by atoms with Gasteiger partial charge in [-0.25, -0.2) is 0 Å². The smallest absolute Gasteiger partial charge is 0.246 e. The molecule has 3 bridgehead atoms. The quantitative estimate of drug-likeness (QED) is 0.686. The highest BCUT2D eigenvalue weighted by Crippen LogP contribution is 2.53. The molecule has 5 atom stereocenters. The zero-order chi connectivity index (χ0) is 12.3. The van der Waals surface area contributed by atoms with Crippen molar-refractivity contribution in [2.75, 3.05) is 19.6 Å². The second-order valence-corrected chi connectivity index (χ2v) is 6.34. The minimum Gasteiger partial charge on any atom is -0.331 e. The first kappa shape index (κ1) is 10.8. The van der Waals surface area contributed by atoms with E-state index in [9.17, 15) is 4.79 Å². The van der Waals surface area contributed by atoms with Crippen molar-refractivity contribution < 1.29 is 4.79 Å². The Hall–Kier alpha value is -1.09. The third-order valence-electron chi connectivity index (χ3n) is 5.59. The van der Waals surface area contributed by atoms with Crippen molar-refractivity contribution in [1.82, 2.24) is 9.80 Å². The molecule has 0 aromatic carbocycles. The maximum atomic E-state index is 12.3. The lowest BCUT2D eigenvalue weighted by Crippen LogP contribution is -2.64. The molecule has 4 aliphatic heterocycles. The van der Waals surface area contributed by atoms with Crippen molar-refractivity contribution in [1.29, 1.82) is 0 Å². The van der Waals surface area contributed by atoms with E-state index >= 15 is 0 Å². The second kappa shape index (κ2) is 3.47. The summed E-state index contributed by atoms with van der Waals surface area (Å²) in [5, 5.41) is 0. The lowest BCUT2D eigenvalue weighted by Gasteiger charge is -2.53. The number of piperidine rings is 2. The third kappa shape index (κ3) is 1.11. The van der Waals surface area contributed by atoms with Gasteiger partial charge in [-0.3, -0.25) is 9.69 Å². The molecule has 1 spiro atoms. The predicted octanol–water partition coefficient (Wildman–Crippen LogP) is 1.42. The van der Waals surface area contributed by atoms with Crippen molar-refractivity contribution in [2.24, 2.45) is 11.8 Å². The highest BCUT2D eigenvalue weighted by molar-refractivity contribution is 5.89. The number of carbonyl (C=O) groups is 1. The van der Waals surface area contributed by atoms with Crippen LogP contribution in [0.2, 0.25) is 0 Å². The van der Waals surface area contributed by atoms with Gasteiger partial charge in [0, 0.05) is 25.7 Å². The summed E-state index contributed by atoms with van der Waals surface area (Å²) < 4.78 is 0. The number of rotatable bonds is 2. The SMILES string of the molecule is C=CCC1N2CC3CC(C2)C12CC=CC(=O)N2C3. The monoisotopic (exact) mass is 244 g/mol. The molecule has 0 aliphatic carbocycles. The van der Waals surface area contributed by atoms with E-state index in [4.69, 9.17) is 0 Å². The fourth-order valence-corrected chi connectivity index (χ4v) is 5.06. The molecular formula is C15H20N2O. The predicted molar refractivity (Wildman–Crippen MR) is 70.0 cm³/mol. The molecule has 96 valence electrons. The summed E-state index contributed by atoms with van der Waals surface area (Å²) >= 11 is 0. The molecule has 4 heterocycles. The fraction of sp³-hybridized carbons (Fsp3) is 0.667. The summed E-state index contributed by atoms with van der Waals surface area (Å²) in [5.74, 6) is 1.62. The van der Waals surface area contributed by atoms with Crippen LogP contribution in [0.15, 0.2) is 24.8 Å². The molecule has 0 aromatic heterocycles. The first-order chi connectivity index (χ1) is 8.75. The van der Waals surface area contributed by atoms with Crippen LogP contribution in [0, 0.1) is 11.8 Å². The molecule has 0 radical (unpaired) electrons. The van der Waals surface area contributed by atoms with Gasteiger partial charge in [0.1, 0.15) is 0 Å². The van der Waals surface area contributed by atoms with E-state index in [1.165, 1.54) is 19.5 Å². The van der Waals surface area contributed by atoms with Crippen LogP contribution in [0.5, 0.6) is 0 Å². The number of hydrogen-bond donors (Lipinski definition) is 0. The molecule has 4 rings (SSSR count). The van der Waals surface area contributed by atoms with Crippen LogP contribution in [0.1, 0.15) is 19.3 Å². The van der Waals surface area contributed by atoms with Crippen molar-refractivity contribution in [3.8, 4) is 0 Å². The van der Waals surface area contributed by atoms with Crippen LogP contribution in [-0.4, -0.2) is 46.9 Å².